The number of hydrogen-bond acceptors (Lipinski definition) is 4. The first-order valence-electron chi connectivity index (χ1n) is 9.91. The molecule has 0 aliphatic heterocycles. The Bertz CT molecular complexity index is 965. The van der Waals surface area contributed by atoms with Gasteiger partial charge in [0.25, 0.3) is 5.91 Å². The number of nitrogens with one attached hydrogen (secondary N) is 1. The second kappa shape index (κ2) is 8.74. The van der Waals surface area contributed by atoms with E-state index >= 15 is 0 Å². The third kappa shape index (κ3) is 4.36. The van der Waals surface area contributed by atoms with Crippen LogP contribution in [-0.4, -0.2) is 28.2 Å². The number of rotatable bonds is 5. The molecule has 144 valence electrons. The van der Waals surface area contributed by atoms with Gasteiger partial charge in [-0.25, -0.2) is 9.97 Å². The zero-order valence-electron chi connectivity index (χ0n) is 16.1. The van der Waals surface area contributed by atoms with Crippen molar-refractivity contribution in [3.63, 3.8) is 0 Å². The summed E-state index contributed by atoms with van der Waals surface area (Å²) in [4.78, 5) is 22.0. The number of thioether (sulfide) groups is 1. The van der Waals surface area contributed by atoms with Gasteiger partial charge in [-0.3, -0.25) is 4.79 Å². The molecule has 28 heavy (non-hydrogen) atoms. The van der Waals surface area contributed by atoms with Gasteiger partial charge in [-0.15, -0.1) is 11.8 Å². The van der Waals surface area contributed by atoms with Crippen LogP contribution in [0.3, 0.4) is 0 Å². The molecule has 0 unspecified atom stereocenters. The molecular formula is C23H25N3OS. The van der Waals surface area contributed by atoms with Gasteiger partial charge in [-0.05, 0) is 54.8 Å². The van der Waals surface area contributed by atoms with Crippen LogP contribution in [0.1, 0.15) is 53.7 Å². The summed E-state index contributed by atoms with van der Waals surface area (Å²) in [6, 6.07) is 14.4. The molecule has 2 heterocycles. The minimum absolute atomic E-state index is 0.0604. The maximum atomic E-state index is 12.9. The van der Waals surface area contributed by atoms with Gasteiger partial charge in [0.1, 0.15) is 5.69 Å². The van der Waals surface area contributed by atoms with E-state index in [9.17, 15) is 4.79 Å². The molecule has 5 heteroatoms. The Morgan fingerprint density at radius 3 is 2.71 bits per heavy atom. The number of amides is 1. The van der Waals surface area contributed by atoms with Crippen LogP contribution in [0.2, 0.25) is 0 Å². The summed E-state index contributed by atoms with van der Waals surface area (Å²) in [5, 5.41) is 5.29. The Morgan fingerprint density at radius 1 is 1.14 bits per heavy atom. The Hall–Kier alpha value is -2.40. The molecule has 3 aromatic rings. The van der Waals surface area contributed by atoms with Gasteiger partial charge in [0.2, 0.25) is 0 Å². The van der Waals surface area contributed by atoms with Crippen molar-refractivity contribution in [2.24, 2.45) is 0 Å². The average Bonchev–Trinajstić information content (AvgIpc) is 2.75. The second-order valence-electron chi connectivity index (χ2n) is 7.38. The summed E-state index contributed by atoms with van der Waals surface area (Å²) in [6.07, 6.45) is 10.5. The highest BCUT2D eigenvalue weighted by molar-refractivity contribution is 7.98. The predicted octanol–water partition coefficient (Wildman–Crippen LogP) is 5.01. The first-order valence-corrected chi connectivity index (χ1v) is 11.1. The van der Waals surface area contributed by atoms with Crippen molar-refractivity contribution < 1.29 is 4.79 Å². The van der Waals surface area contributed by atoms with Crippen molar-refractivity contribution in [3.05, 3.63) is 65.5 Å². The van der Waals surface area contributed by atoms with E-state index in [1.54, 1.807) is 11.8 Å². The Morgan fingerprint density at radius 2 is 1.96 bits per heavy atom. The summed E-state index contributed by atoms with van der Waals surface area (Å²) < 4.78 is 0. The van der Waals surface area contributed by atoms with Crippen molar-refractivity contribution in [3.8, 4) is 0 Å². The van der Waals surface area contributed by atoms with Crippen LogP contribution in [0.15, 0.2) is 53.7 Å². The van der Waals surface area contributed by atoms with Crippen LogP contribution < -0.4 is 5.32 Å². The van der Waals surface area contributed by atoms with E-state index in [1.165, 1.54) is 19.3 Å². The quantitative estimate of drug-likeness (QED) is 0.622. The highest BCUT2D eigenvalue weighted by atomic mass is 32.2. The lowest BCUT2D eigenvalue weighted by Gasteiger charge is -2.22. The summed E-state index contributed by atoms with van der Waals surface area (Å²) in [5.74, 6) is -0.0604. The van der Waals surface area contributed by atoms with Gasteiger partial charge >= 0.3 is 0 Å². The first-order chi connectivity index (χ1) is 13.7. The van der Waals surface area contributed by atoms with Gasteiger partial charge in [0.15, 0.2) is 0 Å². The lowest BCUT2D eigenvalue weighted by molar-refractivity contribution is 0.0923. The highest BCUT2D eigenvalue weighted by Gasteiger charge is 2.18. The number of pyridine rings is 2. The Kier molecular flexibility index (Phi) is 5.91. The molecule has 1 aromatic carbocycles. The molecule has 0 bridgehead atoms. The maximum absolute atomic E-state index is 12.9. The van der Waals surface area contributed by atoms with Crippen molar-refractivity contribution in [2.45, 2.75) is 49.6 Å². The molecule has 4 rings (SSSR count). The standard InChI is InChI=1S/C23H25N3OS/c1-28-22-12-11-16(15-24-22)13-17-14-21(26-20-10-6-5-9-19(17)20)23(27)25-18-7-3-2-4-8-18/h5-6,9-12,14-15,18H,2-4,7-8,13H2,1H3,(H,25,27). The minimum Gasteiger partial charge on any atom is -0.348 e. The number of nitrogens with zero attached hydrogens (tertiary/aromatic N) is 2. The van der Waals surface area contributed by atoms with Crippen molar-refractivity contribution in [2.75, 3.05) is 6.26 Å². The van der Waals surface area contributed by atoms with Crippen molar-refractivity contribution >= 4 is 28.6 Å². The third-order valence-corrected chi connectivity index (χ3v) is 6.04. The van der Waals surface area contributed by atoms with E-state index in [1.807, 2.05) is 42.8 Å². The largest absolute Gasteiger partial charge is 0.348 e. The molecule has 0 saturated heterocycles. The third-order valence-electron chi connectivity index (χ3n) is 5.38. The number of hydrogen-bond donors (Lipinski definition) is 1. The van der Waals surface area contributed by atoms with Gasteiger partial charge in [-0.1, -0.05) is 43.5 Å². The van der Waals surface area contributed by atoms with Crippen LogP contribution in [0, 0.1) is 0 Å². The van der Waals surface area contributed by atoms with Gasteiger partial charge < -0.3 is 5.32 Å². The Labute approximate surface area is 170 Å². The molecule has 1 fully saturated rings. The topological polar surface area (TPSA) is 54.9 Å². The van der Waals surface area contributed by atoms with E-state index in [2.05, 4.69) is 27.4 Å². The van der Waals surface area contributed by atoms with Crippen LogP contribution in [0.25, 0.3) is 10.9 Å². The molecule has 0 radical (unpaired) electrons. The molecule has 2 aromatic heterocycles. The maximum Gasteiger partial charge on any atom is 0.270 e. The Balaban J connectivity index is 1.63. The van der Waals surface area contributed by atoms with E-state index < -0.39 is 0 Å². The highest BCUT2D eigenvalue weighted by Crippen LogP contribution is 2.23. The number of carbonyl (C=O) groups excluding carboxylic acids is 1. The normalized spacial score (nSPS) is 14.9. The smallest absolute Gasteiger partial charge is 0.270 e. The molecule has 1 N–H and O–H groups in total. The lowest BCUT2D eigenvalue weighted by atomic mass is 9.95. The average molecular weight is 392 g/mol. The van der Waals surface area contributed by atoms with Crippen LogP contribution in [-0.2, 0) is 6.42 Å². The summed E-state index contributed by atoms with van der Waals surface area (Å²) in [6.45, 7) is 0. The zero-order chi connectivity index (χ0) is 19.3. The fourth-order valence-corrected chi connectivity index (χ4v) is 4.23. The van der Waals surface area contributed by atoms with Gasteiger partial charge in [-0.2, -0.15) is 0 Å². The fourth-order valence-electron chi connectivity index (χ4n) is 3.87. The molecule has 1 amide bonds. The van der Waals surface area contributed by atoms with Gasteiger partial charge in [0, 0.05) is 17.6 Å². The van der Waals surface area contributed by atoms with Crippen molar-refractivity contribution in [1.82, 2.24) is 15.3 Å². The first kappa shape index (κ1) is 18.9. The van der Waals surface area contributed by atoms with E-state index in [-0.39, 0.29) is 11.9 Å². The van der Waals surface area contributed by atoms with Crippen molar-refractivity contribution in [1.29, 1.82) is 0 Å². The van der Waals surface area contributed by atoms with Gasteiger partial charge in [0.05, 0.1) is 10.5 Å². The van der Waals surface area contributed by atoms with E-state index in [4.69, 9.17) is 0 Å². The lowest BCUT2D eigenvalue weighted by Crippen LogP contribution is -2.36. The molecule has 1 aliphatic carbocycles. The number of benzene rings is 1. The molecule has 0 spiro atoms. The monoisotopic (exact) mass is 391 g/mol. The van der Waals surface area contributed by atoms with E-state index in [0.717, 1.165) is 46.3 Å². The summed E-state index contributed by atoms with van der Waals surface area (Å²) in [5.41, 5.74) is 3.61. The number of para-hydroxylation sites is 1. The predicted molar refractivity (Wildman–Crippen MR) is 115 cm³/mol. The fraction of sp³-hybridized carbons (Fsp3) is 0.348. The van der Waals surface area contributed by atoms with Crippen LogP contribution in [0.5, 0.6) is 0 Å². The second-order valence-corrected chi connectivity index (χ2v) is 8.20. The van der Waals surface area contributed by atoms with Crippen LogP contribution in [0.4, 0.5) is 0 Å². The summed E-state index contributed by atoms with van der Waals surface area (Å²) >= 11 is 1.64. The number of carbonyl (C=O) groups is 1. The molecular weight excluding hydrogens is 366 g/mol. The van der Waals surface area contributed by atoms with Crippen LogP contribution >= 0.6 is 11.8 Å². The molecule has 1 aliphatic rings. The molecule has 0 atom stereocenters. The molecule has 4 nitrogen and oxygen atoms in total. The number of fused-ring (bicyclic) bond motifs is 1. The zero-order valence-corrected chi connectivity index (χ0v) is 17.0. The number of aromatic nitrogens is 2. The SMILES string of the molecule is CSc1ccc(Cc2cc(C(=O)NC3CCCCC3)nc3ccccc23)cn1. The summed E-state index contributed by atoms with van der Waals surface area (Å²) in [7, 11) is 0. The van der Waals surface area contributed by atoms with E-state index in [0.29, 0.717) is 5.69 Å². The minimum atomic E-state index is -0.0604. The molecule has 1 saturated carbocycles.